The molecule has 0 aliphatic rings. The third-order valence-electron chi connectivity index (χ3n) is 3.83. The van der Waals surface area contributed by atoms with Gasteiger partial charge in [0.1, 0.15) is 0 Å². The van der Waals surface area contributed by atoms with Crippen LogP contribution >= 0.6 is 0 Å². The zero-order chi connectivity index (χ0) is 14.3. The van der Waals surface area contributed by atoms with Crippen LogP contribution in [0, 0.1) is 11.3 Å². The first kappa shape index (κ1) is 16.2. The summed E-state index contributed by atoms with van der Waals surface area (Å²) in [6, 6.07) is 11.3. The highest BCUT2D eigenvalue weighted by atomic mass is 14.9. The van der Waals surface area contributed by atoms with E-state index in [2.05, 4.69) is 70.3 Å². The Hall–Kier alpha value is -0.820. The standard InChI is InChI=1S/C18H31N/c1-6-15(7-2)14-19-17(13-18(3,4)5)16-11-9-8-10-12-16/h8-12,15,17,19H,6-7,13-14H2,1-5H3. The molecule has 0 amide bonds. The number of hydrogen-bond donors (Lipinski definition) is 1. The first-order valence-electron chi connectivity index (χ1n) is 7.74. The molecule has 1 rings (SSSR count). The average molecular weight is 261 g/mol. The Balaban J connectivity index is 2.70. The smallest absolute Gasteiger partial charge is 0.0325 e. The van der Waals surface area contributed by atoms with Crippen LogP contribution < -0.4 is 5.32 Å². The fraction of sp³-hybridized carbons (Fsp3) is 0.667. The number of nitrogens with one attached hydrogen (secondary N) is 1. The number of rotatable bonds is 7. The largest absolute Gasteiger partial charge is 0.310 e. The van der Waals surface area contributed by atoms with E-state index in [1.54, 1.807) is 0 Å². The van der Waals surface area contributed by atoms with Gasteiger partial charge in [0.15, 0.2) is 0 Å². The van der Waals surface area contributed by atoms with Gasteiger partial charge in [0.05, 0.1) is 0 Å². The van der Waals surface area contributed by atoms with Crippen molar-refractivity contribution in [3.8, 4) is 0 Å². The Labute approximate surface area is 119 Å². The SMILES string of the molecule is CCC(CC)CNC(CC(C)(C)C)c1ccccc1. The average Bonchev–Trinajstić information content (AvgIpc) is 2.38. The summed E-state index contributed by atoms with van der Waals surface area (Å²) in [7, 11) is 0. The van der Waals surface area contributed by atoms with Crippen molar-refractivity contribution < 1.29 is 0 Å². The molecule has 1 aromatic rings. The van der Waals surface area contributed by atoms with Gasteiger partial charge in [-0.15, -0.1) is 0 Å². The van der Waals surface area contributed by atoms with Gasteiger partial charge < -0.3 is 5.32 Å². The molecule has 1 N–H and O–H groups in total. The second kappa shape index (κ2) is 7.69. The lowest BCUT2D eigenvalue weighted by Gasteiger charge is -2.28. The van der Waals surface area contributed by atoms with Crippen molar-refractivity contribution in [3.05, 3.63) is 35.9 Å². The maximum atomic E-state index is 3.79. The summed E-state index contributed by atoms with van der Waals surface area (Å²) >= 11 is 0. The Morgan fingerprint density at radius 2 is 1.58 bits per heavy atom. The van der Waals surface area contributed by atoms with E-state index in [4.69, 9.17) is 0 Å². The molecule has 0 heterocycles. The monoisotopic (exact) mass is 261 g/mol. The van der Waals surface area contributed by atoms with Crippen LogP contribution in [0.4, 0.5) is 0 Å². The van der Waals surface area contributed by atoms with Crippen LogP contribution in [0.3, 0.4) is 0 Å². The molecular weight excluding hydrogens is 230 g/mol. The molecule has 1 atom stereocenters. The fourth-order valence-electron chi connectivity index (χ4n) is 2.49. The molecular formula is C18H31N. The van der Waals surface area contributed by atoms with E-state index in [1.165, 1.54) is 24.8 Å². The topological polar surface area (TPSA) is 12.0 Å². The fourth-order valence-corrected chi connectivity index (χ4v) is 2.49. The van der Waals surface area contributed by atoms with Crippen molar-refractivity contribution in [1.82, 2.24) is 5.32 Å². The maximum Gasteiger partial charge on any atom is 0.0325 e. The Kier molecular flexibility index (Phi) is 6.57. The summed E-state index contributed by atoms with van der Waals surface area (Å²) in [5.74, 6) is 0.797. The third kappa shape index (κ3) is 6.24. The van der Waals surface area contributed by atoms with Gasteiger partial charge in [-0.25, -0.2) is 0 Å². The summed E-state index contributed by atoms with van der Waals surface area (Å²) in [5, 5.41) is 3.79. The van der Waals surface area contributed by atoms with Gasteiger partial charge in [-0.05, 0) is 29.9 Å². The molecule has 0 saturated carbocycles. The van der Waals surface area contributed by atoms with Crippen molar-refractivity contribution in [1.29, 1.82) is 0 Å². The highest BCUT2D eigenvalue weighted by Crippen LogP contribution is 2.29. The Morgan fingerprint density at radius 1 is 1.00 bits per heavy atom. The van der Waals surface area contributed by atoms with Crippen LogP contribution in [-0.2, 0) is 0 Å². The molecule has 0 bridgehead atoms. The van der Waals surface area contributed by atoms with Crippen LogP contribution in [-0.4, -0.2) is 6.54 Å². The summed E-state index contributed by atoms with van der Waals surface area (Å²) in [4.78, 5) is 0. The molecule has 1 aromatic carbocycles. The molecule has 0 fully saturated rings. The molecule has 0 aromatic heterocycles. The highest BCUT2D eigenvalue weighted by Gasteiger charge is 2.20. The van der Waals surface area contributed by atoms with E-state index in [-0.39, 0.29) is 0 Å². The van der Waals surface area contributed by atoms with Crippen LogP contribution in [0.1, 0.15) is 65.5 Å². The predicted octanol–water partition coefficient (Wildman–Crippen LogP) is 5.19. The quantitative estimate of drug-likeness (QED) is 0.712. The third-order valence-corrected chi connectivity index (χ3v) is 3.83. The van der Waals surface area contributed by atoms with E-state index in [0.717, 1.165) is 12.5 Å². The van der Waals surface area contributed by atoms with Crippen LogP contribution in [0.5, 0.6) is 0 Å². The molecule has 0 spiro atoms. The van der Waals surface area contributed by atoms with Crippen molar-refractivity contribution >= 4 is 0 Å². The van der Waals surface area contributed by atoms with Gasteiger partial charge in [0.2, 0.25) is 0 Å². The van der Waals surface area contributed by atoms with Crippen LogP contribution in [0.25, 0.3) is 0 Å². The van der Waals surface area contributed by atoms with Gasteiger partial charge in [-0.2, -0.15) is 0 Å². The first-order chi connectivity index (χ1) is 8.96. The molecule has 1 nitrogen and oxygen atoms in total. The van der Waals surface area contributed by atoms with E-state index < -0.39 is 0 Å². The van der Waals surface area contributed by atoms with Gasteiger partial charge >= 0.3 is 0 Å². The number of hydrogen-bond acceptors (Lipinski definition) is 1. The lowest BCUT2D eigenvalue weighted by molar-refractivity contribution is 0.297. The Morgan fingerprint density at radius 3 is 2.05 bits per heavy atom. The summed E-state index contributed by atoms with van der Waals surface area (Å²) < 4.78 is 0. The van der Waals surface area contributed by atoms with Crippen molar-refractivity contribution in [2.24, 2.45) is 11.3 Å². The zero-order valence-electron chi connectivity index (χ0n) is 13.4. The van der Waals surface area contributed by atoms with Gasteiger partial charge in [0.25, 0.3) is 0 Å². The Bertz CT molecular complexity index is 332. The maximum absolute atomic E-state index is 3.79. The molecule has 0 radical (unpaired) electrons. The second-order valence-electron chi connectivity index (χ2n) is 6.82. The minimum absolute atomic E-state index is 0.349. The summed E-state index contributed by atoms with van der Waals surface area (Å²) in [6.07, 6.45) is 3.71. The molecule has 0 saturated heterocycles. The number of benzene rings is 1. The van der Waals surface area contributed by atoms with Gasteiger partial charge in [-0.3, -0.25) is 0 Å². The lowest BCUT2D eigenvalue weighted by atomic mass is 9.85. The minimum atomic E-state index is 0.349. The van der Waals surface area contributed by atoms with Crippen LogP contribution in [0.2, 0.25) is 0 Å². The molecule has 108 valence electrons. The van der Waals surface area contributed by atoms with E-state index in [9.17, 15) is 0 Å². The van der Waals surface area contributed by atoms with E-state index >= 15 is 0 Å². The van der Waals surface area contributed by atoms with Crippen molar-refractivity contribution in [2.45, 2.75) is 59.9 Å². The van der Waals surface area contributed by atoms with Gasteiger partial charge in [0, 0.05) is 6.04 Å². The lowest BCUT2D eigenvalue weighted by Crippen LogP contribution is -2.30. The van der Waals surface area contributed by atoms with Crippen molar-refractivity contribution in [2.75, 3.05) is 6.54 Å². The van der Waals surface area contributed by atoms with E-state index in [1.807, 2.05) is 0 Å². The predicted molar refractivity (Wildman–Crippen MR) is 85.3 cm³/mol. The molecule has 1 heteroatoms. The second-order valence-corrected chi connectivity index (χ2v) is 6.82. The summed E-state index contributed by atoms with van der Waals surface area (Å²) in [6.45, 7) is 12.7. The molecule has 0 aliphatic carbocycles. The minimum Gasteiger partial charge on any atom is -0.310 e. The molecule has 19 heavy (non-hydrogen) atoms. The van der Waals surface area contributed by atoms with E-state index in [0.29, 0.717) is 11.5 Å². The van der Waals surface area contributed by atoms with Crippen molar-refractivity contribution in [3.63, 3.8) is 0 Å². The zero-order valence-corrected chi connectivity index (χ0v) is 13.4. The normalized spacial score (nSPS) is 13.8. The molecule has 1 unspecified atom stereocenters. The highest BCUT2D eigenvalue weighted by molar-refractivity contribution is 5.19. The van der Waals surface area contributed by atoms with Crippen LogP contribution in [0.15, 0.2) is 30.3 Å². The van der Waals surface area contributed by atoms with Gasteiger partial charge in [-0.1, -0.05) is 77.8 Å². The summed E-state index contributed by atoms with van der Waals surface area (Å²) in [5.41, 5.74) is 1.77. The molecule has 0 aliphatic heterocycles. The first-order valence-corrected chi connectivity index (χ1v) is 7.74.